The van der Waals surface area contributed by atoms with E-state index in [0.717, 1.165) is 50.0 Å². The van der Waals surface area contributed by atoms with Crippen molar-refractivity contribution < 1.29 is 4.74 Å². The average molecular weight is 465 g/mol. The summed E-state index contributed by atoms with van der Waals surface area (Å²) in [5, 5.41) is 5.88. The van der Waals surface area contributed by atoms with Crippen molar-refractivity contribution in [2.75, 3.05) is 6.54 Å². The second-order valence-corrected chi connectivity index (χ2v) is 10.2. The Morgan fingerprint density at radius 3 is 2.58 bits per heavy atom. The fourth-order valence-electron chi connectivity index (χ4n) is 5.65. The Labute approximate surface area is 200 Å². The molecule has 2 fully saturated rings. The van der Waals surface area contributed by atoms with Crippen molar-refractivity contribution in [1.82, 2.24) is 10.3 Å². The molecule has 1 aromatic heterocycles. The summed E-state index contributed by atoms with van der Waals surface area (Å²) >= 11 is 6.51. The predicted octanol–water partition coefficient (Wildman–Crippen LogP) is 6.22. The van der Waals surface area contributed by atoms with E-state index in [1.54, 1.807) is 12.3 Å². The first kappa shape index (κ1) is 22.5. The highest BCUT2D eigenvalue weighted by atomic mass is 35.5. The molecule has 1 atom stereocenters. The molecule has 33 heavy (non-hydrogen) atoms. The third-order valence-electron chi connectivity index (χ3n) is 7.72. The minimum absolute atomic E-state index is 0.125. The largest absolute Gasteiger partial charge is 0.489 e. The monoisotopic (exact) mass is 464 g/mol. The second kappa shape index (κ2) is 9.52. The summed E-state index contributed by atoms with van der Waals surface area (Å²) < 4.78 is 6.42. The van der Waals surface area contributed by atoms with Crippen LogP contribution in [0.3, 0.4) is 0 Å². The third-order valence-corrected chi connectivity index (χ3v) is 8.01. The molecule has 5 rings (SSSR count). The summed E-state index contributed by atoms with van der Waals surface area (Å²) in [6.07, 6.45) is 9.80. The Morgan fingerprint density at radius 1 is 1.12 bits per heavy atom. The van der Waals surface area contributed by atoms with Crippen molar-refractivity contribution in [3.05, 3.63) is 75.7 Å². The number of aromatic amines is 1. The van der Waals surface area contributed by atoms with Gasteiger partial charge in [0.1, 0.15) is 5.75 Å². The first-order chi connectivity index (χ1) is 16.1. The number of halogens is 1. The summed E-state index contributed by atoms with van der Waals surface area (Å²) in [5.41, 5.74) is 1.45. The molecule has 0 aliphatic heterocycles. The fourth-order valence-corrected chi connectivity index (χ4v) is 5.86. The van der Waals surface area contributed by atoms with Crippen LogP contribution >= 0.6 is 11.6 Å². The molecule has 5 heteroatoms. The predicted molar refractivity (Wildman–Crippen MR) is 135 cm³/mol. The Kier molecular flexibility index (Phi) is 6.49. The Hall–Kier alpha value is -2.30. The van der Waals surface area contributed by atoms with E-state index in [9.17, 15) is 4.79 Å². The molecule has 2 saturated carbocycles. The number of benzene rings is 2. The van der Waals surface area contributed by atoms with Gasteiger partial charge in [-0.2, -0.15) is 0 Å². The molecule has 4 nitrogen and oxygen atoms in total. The summed E-state index contributed by atoms with van der Waals surface area (Å²) in [6, 6.07) is 17.0. The Bertz CT molecular complexity index is 1150. The van der Waals surface area contributed by atoms with E-state index in [-0.39, 0.29) is 17.1 Å². The minimum atomic E-state index is -0.129. The maximum atomic E-state index is 12.1. The zero-order valence-electron chi connectivity index (χ0n) is 19.3. The number of pyridine rings is 1. The van der Waals surface area contributed by atoms with E-state index >= 15 is 0 Å². The van der Waals surface area contributed by atoms with Crippen molar-refractivity contribution >= 4 is 22.4 Å². The number of aromatic nitrogens is 1. The van der Waals surface area contributed by atoms with Crippen LogP contribution in [0.25, 0.3) is 10.8 Å². The lowest BCUT2D eigenvalue weighted by atomic mass is 9.63. The van der Waals surface area contributed by atoms with Crippen LogP contribution in [-0.2, 0) is 5.41 Å². The molecule has 2 aliphatic carbocycles. The molecule has 0 saturated heterocycles. The molecular weight excluding hydrogens is 432 g/mol. The van der Waals surface area contributed by atoms with Gasteiger partial charge in [-0.15, -0.1) is 0 Å². The summed E-state index contributed by atoms with van der Waals surface area (Å²) in [5.74, 6) is 1.54. The number of nitrogens with one attached hydrogen (secondary N) is 2. The van der Waals surface area contributed by atoms with Crippen molar-refractivity contribution in [2.45, 2.75) is 69.4 Å². The molecule has 2 N–H and O–H groups in total. The quantitative estimate of drug-likeness (QED) is 0.416. The van der Waals surface area contributed by atoms with Gasteiger partial charge >= 0.3 is 0 Å². The smallest absolute Gasteiger partial charge is 0.255 e. The molecule has 0 unspecified atom stereocenters. The number of fused-ring (bicyclic) bond motifs is 1. The van der Waals surface area contributed by atoms with Gasteiger partial charge in [-0.05, 0) is 86.6 Å². The number of H-pyrrole nitrogens is 1. The lowest BCUT2D eigenvalue weighted by Crippen LogP contribution is -2.51. The lowest BCUT2D eigenvalue weighted by molar-refractivity contribution is 0.0957. The minimum Gasteiger partial charge on any atom is -0.489 e. The van der Waals surface area contributed by atoms with Gasteiger partial charge in [0, 0.05) is 23.0 Å². The molecule has 1 heterocycles. The molecule has 174 valence electrons. The van der Waals surface area contributed by atoms with Crippen LogP contribution in [0, 0.1) is 5.92 Å². The zero-order chi connectivity index (χ0) is 22.8. The van der Waals surface area contributed by atoms with Crippen LogP contribution in [0.2, 0.25) is 5.02 Å². The van der Waals surface area contributed by atoms with Gasteiger partial charge in [0.15, 0.2) is 0 Å². The molecule has 0 bridgehead atoms. The normalized spacial score (nSPS) is 24.0. The second-order valence-electron chi connectivity index (χ2n) is 9.83. The highest BCUT2D eigenvalue weighted by molar-refractivity contribution is 6.32. The van der Waals surface area contributed by atoms with E-state index in [4.69, 9.17) is 16.3 Å². The van der Waals surface area contributed by atoms with Crippen LogP contribution in [0.4, 0.5) is 0 Å². The van der Waals surface area contributed by atoms with Gasteiger partial charge in [-0.3, -0.25) is 4.79 Å². The van der Waals surface area contributed by atoms with Gasteiger partial charge in [0.2, 0.25) is 0 Å². The molecule has 0 amide bonds. The van der Waals surface area contributed by atoms with Gasteiger partial charge in [-0.25, -0.2) is 0 Å². The van der Waals surface area contributed by atoms with Crippen LogP contribution in [0.5, 0.6) is 5.75 Å². The van der Waals surface area contributed by atoms with E-state index in [1.165, 1.54) is 18.4 Å². The first-order valence-electron chi connectivity index (χ1n) is 12.4. The van der Waals surface area contributed by atoms with E-state index in [2.05, 4.69) is 47.6 Å². The maximum absolute atomic E-state index is 12.1. The number of hydrogen-bond donors (Lipinski definition) is 2. The summed E-state index contributed by atoms with van der Waals surface area (Å²) in [4.78, 5) is 14.8. The highest BCUT2D eigenvalue weighted by Crippen LogP contribution is 2.45. The van der Waals surface area contributed by atoms with Crippen molar-refractivity contribution in [1.29, 1.82) is 0 Å². The van der Waals surface area contributed by atoms with Crippen molar-refractivity contribution in [3.8, 4) is 5.75 Å². The van der Waals surface area contributed by atoms with Gasteiger partial charge in [0.05, 0.1) is 11.1 Å². The average Bonchev–Trinajstić information content (AvgIpc) is 3.67. The van der Waals surface area contributed by atoms with Gasteiger partial charge in [-0.1, -0.05) is 48.9 Å². The molecule has 3 aromatic rings. The highest BCUT2D eigenvalue weighted by Gasteiger charge is 2.43. The fraction of sp³-hybridized carbons (Fsp3) is 0.464. The Morgan fingerprint density at radius 2 is 1.88 bits per heavy atom. The van der Waals surface area contributed by atoms with Gasteiger partial charge < -0.3 is 15.0 Å². The number of rotatable bonds is 8. The van der Waals surface area contributed by atoms with Crippen molar-refractivity contribution in [3.63, 3.8) is 0 Å². The molecule has 2 aromatic carbocycles. The van der Waals surface area contributed by atoms with Crippen LogP contribution in [0.15, 0.2) is 59.5 Å². The maximum Gasteiger partial charge on any atom is 0.255 e. The lowest BCUT2D eigenvalue weighted by Gasteiger charge is -2.46. The molecule has 0 radical (unpaired) electrons. The molecular formula is C28H33ClN2O2. The zero-order valence-corrected chi connectivity index (χ0v) is 20.0. The first-order valence-corrected chi connectivity index (χ1v) is 12.7. The molecule has 0 spiro atoms. The number of hydrogen-bond acceptors (Lipinski definition) is 3. The topological polar surface area (TPSA) is 54.1 Å². The van der Waals surface area contributed by atoms with Crippen LogP contribution < -0.4 is 15.6 Å². The van der Waals surface area contributed by atoms with Crippen molar-refractivity contribution in [2.24, 2.45) is 5.92 Å². The van der Waals surface area contributed by atoms with E-state index < -0.39 is 0 Å². The third kappa shape index (κ3) is 4.69. The van der Waals surface area contributed by atoms with E-state index in [1.807, 2.05) is 12.1 Å². The summed E-state index contributed by atoms with van der Waals surface area (Å²) in [7, 11) is 0. The van der Waals surface area contributed by atoms with Gasteiger partial charge in [0.25, 0.3) is 5.56 Å². The van der Waals surface area contributed by atoms with Crippen LogP contribution in [0.1, 0.15) is 57.4 Å². The van der Waals surface area contributed by atoms with Crippen LogP contribution in [-0.4, -0.2) is 23.7 Å². The molecule has 2 aliphatic rings. The standard InChI is InChI=1S/C28H33ClN2O2/c1-2-26(31-18-19-8-9-19)28(21-6-4-3-5-7-21)13-10-22(11-14-28)33-25-16-20-12-15-30-27(32)23(20)17-24(25)29/h3-7,12,15-17,19,22,26,31H,2,8-11,13-14,18H2,1H3,(H,30,32)/t22?,26-,28?/m1/s1. The Balaban J connectivity index is 1.35. The number of ether oxygens (including phenoxy) is 1. The summed E-state index contributed by atoms with van der Waals surface area (Å²) in [6.45, 7) is 3.45. The van der Waals surface area contributed by atoms with E-state index in [0.29, 0.717) is 22.2 Å². The SMILES string of the molecule is CC[C@@H](NCC1CC1)C1(c2ccccc2)CCC(Oc2cc3cc[nH]c(=O)c3cc2Cl)CC1.